The van der Waals surface area contributed by atoms with Gasteiger partial charge in [-0.2, -0.15) is 26.3 Å². The van der Waals surface area contributed by atoms with Crippen LogP contribution in [0.25, 0.3) is 0 Å². The quantitative estimate of drug-likeness (QED) is 0.783. The van der Waals surface area contributed by atoms with Crippen molar-refractivity contribution in [1.82, 2.24) is 5.32 Å². The van der Waals surface area contributed by atoms with Crippen LogP contribution in [-0.2, 0) is 12.4 Å². The van der Waals surface area contributed by atoms with Crippen LogP contribution in [0.3, 0.4) is 0 Å². The smallest absolute Gasteiger partial charge is 0.370 e. The third-order valence-corrected chi connectivity index (χ3v) is 2.78. The van der Waals surface area contributed by atoms with Crippen LogP contribution in [-0.4, -0.2) is 12.5 Å². The first-order valence-corrected chi connectivity index (χ1v) is 5.43. The van der Waals surface area contributed by atoms with Crippen LogP contribution in [0, 0.1) is 0 Å². The van der Waals surface area contributed by atoms with Gasteiger partial charge in [0, 0.05) is 0 Å². The Kier molecular flexibility index (Phi) is 3.31. The van der Waals surface area contributed by atoms with E-state index < -0.39 is 29.5 Å². The van der Waals surface area contributed by atoms with Crippen LogP contribution in [0.5, 0.6) is 0 Å². The molecule has 0 amide bonds. The summed E-state index contributed by atoms with van der Waals surface area (Å²) in [5, 5.41) is 2.52. The van der Waals surface area contributed by atoms with Gasteiger partial charge in [0.05, 0.1) is 23.7 Å². The highest BCUT2D eigenvalue weighted by Gasteiger charge is 2.37. The van der Waals surface area contributed by atoms with Gasteiger partial charge in [-0.15, -0.1) is 0 Å². The van der Waals surface area contributed by atoms with Crippen LogP contribution >= 0.6 is 0 Å². The fourth-order valence-corrected chi connectivity index (χ4v) is 1.83. The highest BCUT2D eigenvalue weighted by molar-refractivity contribution is 5.80. The van der Waals surface area contributed by atoms with Gasteiger partial charge < -0.3 is 11.1 Å². The summed E-state index contributed by atoms with van der Waals surface area (Å²) in [5.74, 6) is -0.0130. The lowest BCUT2D eigenvalue weighted by Crippen LogP contribution is -2.30. The number of hydrogen-bond acceptors (Lipinski definition) is 3. The third-order valence-electron chi connectivity index (χ3n) is 2.78. The molecule has 0 saturated heterocycles. The number of nitrogens with zero attached hydrogens (tertiary/aromatic N) is 1. The fourth-order valence-electron chi connectivity index (χ4n) is 1.83. The van der Waals surface area contributed by atoms with Gasteiger partial charge in [-0.1, -0.05) is 0 Å². The van der Waals surface area contributed by atoms with E-state index in [1.807, 2.05) is 0 Å². The Bertz CT molecular complexity index is 514. The van der Waals surface area contributed by atoms with Crippen LogP contribution < -0.4 is 11.1 Å². The van der Waals surface area contributed by atoms with Crippen LogP contribution in [0.2, 0.25) is 0 Å². The lowest BCUT2D eigenvalue weighted by molar-refractivity contribution is -0.143. The van der Waals surface area contributed by atoms with E-state index in [-0.39, 0.29) is 24.1 Å². The molecule has 0 aromatic heterocycles. The number of nitrogens with one attached hydrogen (secondary N) is 1. The summed E-state index contributed by atoms with van der Waals surface area (Å²) in [6.45, 7) is -0.00948. The molecular weight excluding hydrogens is 288 g/mol. The van der Waals surface area contributed by atoms with Crippen molar-refractivity contribution in [3.05, 3.63) is 34.9 Å². The number of halogens is 6. The molecule has 1 unspecified atom stereocenters. The number of hydrogen-bond donors (Lipinski definition) is 2. The first-order chi connectivity index (χ1) is 9.07. The molecule has 0 bridgehead atoms. The summed E-state index contributed by atoms with van der Waals surface area (Å²) in [6.07, 6.45) is -9.72. The van der Waals surface area contributed by atoms with Crippen molar-refractivity contribution in [3.8, 4) is 0 Å². The maximum atomic E-state index is 12.7. The number of nitrogens with two attached hydrogens (primary N) is 1. The van der Waals surface area contributed by atoms with Gasteiger partial charge in [0.15, 0.2) is 5.96 Å². The summed E-state index contributed by atoms with van der Waals surface area (Å²) in [5.41, 5.74) is 2.44. The zero-order valence-electron chi connectivity index (χ0n) is 9.81. The highest BCUT2D eigenvalue weighted by atomic mass is 19.4. The molecular formula is C11H9F6N3. The van der Waals surface area contributed by atoms with Crippen molar-refractivity contribution in [2.75, 3.05) is 6.54 Å². The predicted molar refractivity (Wildman–Crippen MR) is 58.8 cm³/mol. The third kappa shape index (κ3) is 2.97. The molecule has 1 aliphatic rings. The zero-order valence-corrected chi connectivity index (χ0v) is 9.81. The van der Waals surface area contributed by atoms with Gasteiger partial charge >= 0.3 is 12.4 Å². The Morgan fingerprint density at radius 2 is 1.50 bits per heavy atom. The number of benzene rings is 1. The van der Waals surface area contributed by atoms with E-state index in [1.54, 1.807) is 0 Å². The van der Waals surface area contributed by atoms with E-state index in [2.05, 4.69) is 10.3 Å². The first-order valence-electron chi connectivity index (χ1n) is 5.43. The maximum absolute atomic E-state index is 12.7. The topological polar surface area (TPSA) is 50.4 Å². The number of rotatable bonds is 1. The molecule has 1 aromatic rings. The van der Waals surface area contributed by atoms with E-state index in [4.69, 9.17) is 5.73 Å². The minimum Gasteiger partial charge on any atom is -0.370 e. The SMILES string of the molecule is NC1=NCC(c2cc(C(F)(F)F)cc(C(F)(F)F)c2)N1. The Labute approximate surface area is 109 Å². The van der Waals surface area contributed by atoms with Gasteiger partial charge in [-0.25, -0.2) is 0 Å². The van der Waals surface area contributed by atoms with Crippen LogP contribution in [0.1, 0.15) is 22.7 Å². The summed E-state index contributed by atoms with van der Waals surface area (Å²) in [7, 11) is 0. The Balaban J connectivity index is 2.47. The van der Waals surface area contributed by atoms with Crippen molar-refractivity contribution in [2.45, 2.75) is 18.4 Å². The van der Waals surface area contributed by atoms with Gasteiger partial charge in [0.1, 0.15) is 0 Å². The standard InChI is InChI=1S/C11H9F6N3/c12-10(13,14)6-1-5(8-4-19-9(18)20-8)2-7(3-6)11(15,16)17/h1-3,8H,4H2,(H3,18,19,20). The van der Waals surface area contributed by atoms with E-state index >= 15 is 0 Å². The minimum atomic E-state index is -4.86. The average molecular weight is 297 g/mol. The molecule has 3 nitrogen and oxygen atoms in total. The molecule has 1 aromatic carbocycles. The molecule has 0 spiro atoms. The number of aliphatic imine (C=N–C) groups is 1. The fraction of sp³-hybridized carbons (Fsp3) is 0.364. The van der Waals surface area contributed by atoms with E-state index in [0.29, 0.717) is 12.1 Å². The second kappa shape index (κ2) is 4.57. The number of guanidine groups is 1. The molecule has 0 fully saturated rings. The molecule has 1 heterocycles. The lowest BCUT2D eigenvalue weighted by Gasteiger charge is -2.17. The van der Waals surface area contributed by atoms with Crippen LogP contribution in [0.4, 0.5) is 26.3 Å². The molecule has 110 valence electrons. The monoisotopic (exact) mass is 297 g/mol. The summed E-state index contributed by atoms with van der Waals surface area (Å²) >= 11 is 0. The average Bonchev–Trinajstić information content (AvgIpc) is 2.73. The van der Waals surface area contributed by atoms with Gasteiger partial charge in [0.2, 0.25) is 0 Å². The van der Waals surface area contributed by atoms with Crippen LogP contribution in [0.15, 0.2) is 23.2 Å². The minimum absolute atomic E-state index is 0.00948. The Hall–Kier alpha value is -1.93. The molecule has 1 aliphatic heterocycles. The van der Waals surface area contributed by atoms with Crippen molar-refractivity contribution < 1.29 is 26.3 Å². The molecule has 0 radical (unpaired) electrons. The summed E-state index contributed by atoms with van der Waals surface area (Å²) < 4.78 is 76.0. The summed E-state index contributed by atoms with van der Waals surface area (Å²) in [6, 6.07) is 0.628. The molecule has 0 aliphatic carbocycles. The van der Waals surface area contributed by atoms with E-state index in [9.17, 15) is 26.3 Å². The summed E-state index contributed by atoms with van der Waals surface area (Å²) in [4.78, 5) is 3.70. The van der Waals surface area contributed by atoms with Crippen molar-refractivity contribution in [2.24, 2.45) is 10.7 Å². The highest BCUT2D eigenvalue weighted by Crippen LogP contribution is 2.37. The van der Waals surface area contributed by atoms with Gasteiger partial charge in [-0.05, 0) is 23.8 Å². The second-order valence-electron chi connectivity index (χ2n) is 4.26. The van der Waals surface area contributed by atoms with E-state index in [1.165, 1.54) is 0 Å². The van der Waals surface area contributed by atoms with Gasteiger partial charge in [-0.3, -0.25) is 4.99 Å². The largest absolute Gasteiger partial charge is 0.416 e. The molecule has 3 N–H and O–H groups in total. The van der Waals surface area contributed by atoms with Crippen molar-refractivity contribution >= 4 is 5.96 Å². The molecule has 20 heavy (non-hydrogen) atoms. The predicted octanol–water partition coefficient (Wildman–Crippen LogP) is 2.68. The normalized spacial score (nSPS) is 19.7. The molecule has 0 saturated carbocycles. The Morgan fingerprint density at radius 1 is 1.00 bits per heavy atom. The molecule has 1 atom stereocenters. The van der Waals surface area contributed by atoms with Gasteiger partial charge in [0.25, 0.3) is 0 Å². The number of alkyl halides is 6. The lowest BCUT2D eigenvalue weighted by atomic mass is 10.00. The Morgan fingerprint density at radius 3 is 1.85 bits per heavy atom. The van der Waals surface area contributed by atoms with E-state index in [0.717, 1.165) is 0 Å². The van der Waals surface area contributed by atoms with Crippen molar-refractivity contribution in [3.63, 3.8) is 0 Å². The van der Waals surface area contributed by atoms with Crippen molar-refractivity contribution in [1.29, 1.82) is 0 Å². The first kappa shape index (κ1) is 14.5. The zero-order chi connectivity index (χ0) is 15.1. The molecule has 9 heteroatoms. The second-order valence-corrected chi connectivity index (χ2v) is 4.26. The molecule has 2 rings (SSSR count). The maximum Gasteiger partial charge on any atom is 0.416 e.